The van der Waals surface area contributed by atoms with Gasteiger partial charge in [-0.25, -0.2) is 0 Å². The second-order valence-electron chi connectivity index (χ2n) is 3.41. The van der Waals surface area contributed by atoms with Crippen LogP contribution < -0.4 is 0 Å². The van der Waals surface area contributed by atoms with Gasteiger partial charge in [-0.15, -0.1) is 0 Å². The average Bonchev–Trinajstić information content (AvgIpc) is 2.02. The lowest BCUT2D eigenvalue weighted by Gasteiger charge is -2.28. The fourth-order valence-electron chi connectivity index (χ4n) is 1.70. The van der Waals surface area contributed by atoms with Crippen LogP contribution in [0.25, 0.3) is 0 Å². The molecular formula is C8H18O4P2. The SMILES string of the molecule is CCOP1(=O)CCCP(=O)(OCC)C1. The summed E-state index contributed by atoms with van der Waals surface area (Å²) in [6.07, 6.45) is 1.80. The van der Waals surface area contributed by atoms with Crippen LogP contribution in [0.5, 0.6) is 0 Å². The van der Waals surface area contributed by atoms with Gasteiger partial charge in [0.25, 0.3) is 0 Å². The lowest BCUT2D eigenvalue weighted by molar-refractivity contribution is 0.317. The van der Waals surface area contributed by atoms with Gasteiger partial charge in [-0.2, -0.15) is 0 Å². The molecular weight excluding hydrogens is 222 g/mol. The van der Waals surface area contributed by atoms with Crippen molar-refractivity contribution in [3.63, 3.8) is 0 Å². The Morgan fingerprint density at radius 2 is 1.43 bits per heavy atom. The molecule has 0 N–H and O–H groups in total. The number of rotatable bonds is 4. The monoisotopic (exact) mass is 240 g/mol. The molecule has 0 radical (unpaired) electrons. The highest BCUT2D eigenvalue weighted by Gasteiger charge is 2.39. The van der Waals surface area contributed by atoms with Crippen LogP contribution in [0.4, 0.5) is 0 Å². The van der Waals surface area contributed by atoms with Crippen LogP contribution in [0, 0.1) is 0 Å². The second-order valence-corrected chi connectivity index (χ2v) is 9.21. The van der Waals surface area contributed by atoms with E-state index in [9.17, 15) is 9.13 Å². The fourth-order valence-corrected chi connectivity index (χ4v) is 8.84. The molecule has 6 heteroatoms. The van der Waals surface area contributed by atoms with Crippen molar-refractivity contribution >= 4 is 14.7 Å². The van der Waals surface area contributed by atoms with Crippen LogP contribution in [-0.2, 0) is 18.2 Å². The van der Waals surface area contributed by atoms with Crippen LogP contribution in [0.1, 0.15) is 20.3 Å². The van der Waals surface area contributed by atoms with Gasteiger partial charge in [0, 0.05) is 12.3 Å². The summed E-state index contributed by atoms with van der Waals surface area (Å²) in [5.41, 5.74) is 0. The van der Waals surface area contributed by atoms with Gasteiger partial charge in [0.15, 0.2) is 0 Å². The van der Waals surface area contributed by atoms with Crippen molar-refractivity contribution in [2.75, 3.05) is 31.4 Å². The van der Waals surface area contributed by atoms with Crippen LogP contribution in [0.3, 0.4) is 0 Å². The van der Waals surface area contributed by atoms with Crippen LogP contribution in [-0.4, -0.2) is 31.4 Å². The highest BCUT2D eigenvalue weighted by molar-refractivity contribution is 7.76. The summed E-state index contributed by atoms with van der Waals surface area (Å²) in [7, 11) is -5.31. The minimum atomic E-state index is -2.65. The zero-order valence-corrected chi connectivity index (χ0v) is 10.6. The van der Waals surface area contributed by atoms with Gasteiger partial charge in [-0.3, -0.25) is 9.13 Å². The Labute approximate surface area is 85.3 Å². The first-order valence-electron chi connectivity index (χ1n) is 4.99. The van der Waals surface area contributed by atoms with E-state index in [0.29, 0.717) is 32.0 Å². The van der Waals surface area contributed by atoms with Gasteiger partial charge < -0.3 is 9.05 Å². The largest absolute Gasteiger partial charge is 0.328 e. The predicted molar refractivity (Wildman–Crippen MR) is 57.7 cm³/mol. The van der Waals surface area contributed by atoms with E-state index in [1.54, 1.807) is 13.8 Å². The molecule has 0 aromatic heterocycles. The van der Waals surface area contributed by atoms with Crippen molar-refractivity contribution in [1.29, 1.82) is 0 Å². The fraction of sp³-hybridized carbons (Fsp3) is 1.00. The van der Waals surface area contributed by atoms with E-state index in [0.717, 1.165) is 0 Å². The minimum Gasteiger partial charge on any atom is -0.328 e. The van der Waals surface area contributed by atoms with Crippen LogP contribution in [0.15, 0.2) is 0 Å². The molecule has 14 heavy (non-hydrogen) atoms. The standard InChI is InChI=1S/C8H18O4P2/c1-3-11-13(9)6-5-7-14(10,8-13)12-4-2/h3-8H2,1-2H3. The molecule has 0 aromatic rings. The van der Waals surface area contributed by atoms with Crippen molar-refractivity contribution < 1.29 is 18.2 Å². The predicted octanol–water partition coefficient (Wildman–Crippen LogP) is 2.98. The average molecular weight is 240 g/mol. The van der Waals surface area contributed by atoms with E-state index in [2.05, 4.69) is 0 Å². The molecule has 0 amide bonds. The van der Waals surface area contributed by atoms with Gasteiger partial charge in [0.05, 0.1) is 13.2 Å². The quantitative estimate of drug-likeness (QED) is 0.709. The zero-order chi connectivity index (χ0) is 10.7. The molecule has 0 spiro atoms. The van der Waals surface area contributed by atoms with E-state index >= 15 is 0 Å². The normalized spacial score (nSPS) is 38.4. The molecule has 84 valence electrons. The van der Waals surface area contributed by atoms with Gasteiger partial charge >= 0.3 is 0 Å². The summed E-state index contributed by atoms with van der Waals surface area (Å²) in [6, 6.07) is 0. The molecule has 4 nitrogen and oxygen atoms in total. The molecule has 1 saturated heterocycles. The van der Waals surface area contributed by atoms with E-state index in [1.165, 1.54) is 0 Å². The Morgan fingerprint density at radius 1 is 1.00 bits per heavy atom. The van der Waals surface area contributed by atoms with Gasteiger partial charge in [-0.05, 0) is 20.3 Å². The first-order chi connectivity index (χ1) is 6.54. The number of hydrogen-bond acceptors (Lipinski definition) is 4. The molecule has 1 rings (SSSR count). The summed E-state index contributed by atoms with van der Waals surface area (Å²) < 4.78 is 34.5. The minimum absolute atomic E-state index is 0.141. The molecule has 2 atom stereocenters. The van der Waals surface area contributed by atoms with E-state index in [4.69, 9.17) is 9.05 Å². The van der Waals surface area contributed by atoms with Crippen LogP contribution in [0.2, 0.25) is 0 Å². The third-order valence-electron chi connectivity index (χ3n) is 2.16. The van der Waals surface area contributed by atoms with Crippen molar-refractivity contribution in [1.82, 2.24) is 0 Å². The maximum absolute atomic E-state index is 12.0. The van der Waals surface area contributed by atoms with E-state index in [1.807, 2.05) is 0 Å². The summed E-state index contributed by atoms with van der Waals surface area (Å²) in [4.78, 5) is 0. The Balaban J connectivity index is 2.68. The Kier molecular flexibility index (Phi) is 4.39. The molecule has 2 unspecified atom stereocenters. The van der Waals surface area contributed by atoms with Crippen LogP contribution >= 0.6 is 14.7 Å². The Bertz CT molecular complexity index is 239. The highest BCUT2D eigenvalue weighted by atomic mass is 31.2. The third-order valence-corrected chi connectivity index (χ3v) is 9.06. The lowest BCUT2D eigenvalue weighted by atomic mass is 10.6. The number of hydrogen-bond donors (Lipinski definition) is 0. The van der Waals surface area contributed by atoms with Gasteiger partial charge in [-0.1, -0.05) is 0 Å². The van der Waals surface area contributed by atoms with E-state index < -0.39 is 14.7 Å². The molecule has 1 heterocycles. The second kappa shape index (κ2) is 4.94. The smallest absolute Gasteiger partial charge is 0.212 e. The Morgan fingerprint density at radius 3 is 1.79 bits per heavy atom. The molecule has 1 fully saturated rings. The van der Waals surface area contributed by atoms with E-state index in [-0.39, 0.29) is 5.90 Å². The van der Waals surface area contributed by atoms with Gasteiger partial charge in [0.2, 0.25) is 14.7 Å². The molecule has 0 saturated carbocycles. The van der Waals surface area contributed by atoms with Crippen molar-refractivity contribution in [2.24, 2.45) is 0 Å². The summed E-state index contributed by atoms with van der Waals surface area (Å²) in [5.74, 6) is 0.141. The van der Waals surface area contributed by atoms with Crippen molar-refractivity contribution in [2.45, 2.75) is 20.3 Å². The first kappa shape index (κ1) is 12.4. The summed E-state index contributed by atoms with van der Waals surface area (Å²) >= 11 is 0. The molecule has 0 aromatic carbocycles. The lowest BCUT2D eigenvalue weighted by Crippen LogP contribution is -2.12. The topological polar surface area (TPSA) is 52.6 Å². The third kappa shape index (κ3) is 3.20. The molecule has 1 aliphatic heterocycles. The molecule has 0 bridgehead atoms. The summed E-state index contributed by atoms with van der Waals surface area (Å²) in [6.45, 7) is 4.45. The van der Waals surface area contributed by atoms with Crippen molar-refractivity contribution in [3.8, 4) is 0 Å². The first-order valence-corrected chi connectivity index (χ1v) is 8.98. The van der Waals surface area contributed by atoms with Crippen molar-refractivity contribution in [3.05, 3.63) is 0 Å². The molecule has 1 aliphatic rings. The summed E-state index contributed by atoms with van der Waals surface area (Å²) in [5, 5.41) is 0. The zero-order valence-electron chi connectivity index (χ0n) is 8.77. The maximum atomic E-state index is 12.0. The maximum Gasteiger partial charge on any atom is 0.212 e. The van der Waals surface area contributed by atoms with Gasteiger partial charge in [0.1, 0.15) is 5.90 Å². The highest BCUT2D eigenvalue weighted by Crippen LogP contribution is 2.66. The Hall–Kier alpha value is 0.380. The molecule has 0 aliphatic carbocycles.